The van der Waals surface area contributed by atoms with Crippen LogP contribution in [0.15, 0.2) is 61.2 Å². The second-order valence-corrected chi connectivity index (χ2v) is 5.50. The van der Waals surface area contributed by atoms with E-state index >= 15 is 0 Å². The van der Waals surface area contributed by atoms with Gasteiger partial charge in [0.1, 0.15) is 12.4 Å². The van der Waals surface area contributed by atoms with Gasteiger partial charge in [-0.05, 0) is 41.7 Å². The van der Waals surface area contributed by atoms with E-state index in [2.05, 4.69) is 48.3 Å². The molecule has 1 aliphatic carbocycles. The summed E-state index contributed by atoms with van der Waals surface area (Å²) in [5.41, 5.74) is 4.27. The molecule has 0 unspecified atom stereocenters. The van der Waals surface area contributed by atoms with E-state index in [0.717, 1.165) is 25.1 Å². The Morgan fingerprint density at radius 3 is 2.33 bits per heavy atom. The van der Waals surface area contributed by atoms with Crippen LogP contribution in [0.5, 0.6) is 5.75 Å². The average molecular weight is 279 g/mol. The van der Waals surface area contributed by atoms with Crippen molar-refractivity contribution in [1.29, 1.82) is 0 Å². The van der Waals surface area contributed by atoms with Gasteiger partial charge in [0.05, 0.1) is 0 Å². The fraction of sp³-hybridized carbons (Fsp3) is 0.263. The number of benzene rings is 2. The van der Waals surface area contributed by atoms with Gasteiger partial charge in [0.25, 0.3) is 0 Å². The molecule has 2 aromatic rings. The maximum absolute atomic E-state index is 5.49. The first kappa shape index (κ1) is 13.9. The van der Waals surface area contributed by atoms with Crippen LogP contribution in [0.1, 0.15) is 16.7 Å². The van der Waals surface area contributed by atoms with E-state index in [1.807, 2.05) is 12.1 Å². The maximum atomic E-state index is 5.49. The smallest absolute Gasteiger partial charge is 0.119 e. The lowest BCUT2D eigenvalue weighted by atomic mass is 10.1. The lowest BCUT2D eigenvalue weighted by Crippen LogP contribution is -2.28. The molecule has 0 atom stereocenters. The maximum Gasteiger partial charge on any atom is 0.119 e. The standard InChI is InChI=1S/C19H21NO/c1-2-11-21-19-9-7-15(8-10-19)14-20-18-12-16-5-3-4-6-17(16)13-18/h2-10,18,20H,1,11-14H2. The Morgan fingerprint density at radius 2 is 1.71 bits per heavy atom. The molecular formula is C19H21NO. The normalized spacial score (nSPS) is 13.9. The van der Waals surface area contributed by atoms with Crippen LogP contribution in [0.25, 0.3) is 0 Å². The van der Waals surface area contributed by atoms with Gasteiger partial charge in [0.2, 0.25) is 0 Å². The molecule has 0 aliphatic heterocycles. The third-order valence-corrected chi connectivity index (χ3v) is 3.94. The van der Waals surface area contributed by atoms with Gasteiger partial charge in [-0.3, -0.25) is 0 Å². The highest BCUT2D eigenvalue weighted by Gasteiger charge is 2.19. The van der Waals surface area contributed by atoms with Gasteiger partial charge in [-0.1, -0.05) is 49.1 Å². The van der Waals surface area contributed by atoms with Crippen molar-refractivity contribution in [3.05, 3.63) is 77.9 Å². The van der Waals surface area contributed by atoms with Gasteiger partial charge in [0.15, 0.2) is 0 Å². The largest absolute Gasteiger partial charge is 0.490 e. The molecular weight excluding hydrogens is 258 g/mol. The predicted molar refractivity (Wildman–Crippen MR) is 86.6 cm³/mol. The van der Waals surface area contributed by atoms with Crippen LogP contribution >= 0.6 is 0 Å². The lowest BCUT2D eigenvalue weighted by Gasteiger charge is -2.12. The van der Waals surface area contributed by atoms with Crippen LogP contribution in [0.4, 0.5) is 0 Å². The Hall–Kier alpha value is -2.06. The average Bonchev–Trinajstić information content (AvgIpc) is 2.95. The van der Waals surface area contributed by atoms with Crippen molar-refractivity contribution in [2.75, 3.05) is 6.61 Å². The quantitative estimate of drug-likeness (QED) is 0.817. The van der Waals surface area contributed by atoms with Crippen molar-refractivity contribution in [2.45, 2.75) is 25.4 Å². The molecule has 0 bridgehead atoms. The molecule has 0 heterocycles. The van der Waals surface area contributed by atoms with E-state index in [1.54, 1.807) is 6.08 Å². The van der Waals surface area contributed by atoms with E-state index in [9.17, 15) is 0 Å². The van der Waals surface area contributed by atoms with Crippen LogP contribution < -0.4 is 10.1 Å². The molecule has 0 fully saturated rings. The van der Waals surface area contributed by atoms with Crippen molar-refractivity contribution in [1.82, 2.24) is 5.32 Å². The van der Waals surface area contributed by atoms with Crippen LogP contribution in [-0.2, 0) is 19.4 Å². The summed E-state index contributed by atoms with van der Waals surface area (Å²) in [5.74, 6) is 0.895. The number of hydrogen-bond donors (Lipinski definition) is 1. The molecule has 0 spiro atoms. The zero-order valence-electron chi connectivity index (χ0n) is 12.2. The Balaban J connectivity index is 1.51. The summed E-state index contributed by atoms with van der Waals surface area (Å²) in [6, 6.07) is 17.6. The minimum absolute atomic E-state index is 0.554. The second kappa shape index (κ2) is 6.59. The van der Waals surface area contributed by atoms with Gasteiger partial charge < -0.3 is 10.1 Å². The molecule has 2 nitrogen and oxygen atoms in total. The molecule has 0 saturated carbocycles. The fourth-order valence-corrected chi connectivity index (χ4v) is 2.82. The first-order valence-electron chi connectivity index (χ1n) is 7.48. The molecule has 2 heteroatoms. The third-order valence-electron chi connectivity index (χ3n) is 3.94. The lowest BCUT2D eigenvalue weighted by molar-refractivity contribution is 0.363. The molecule has 0 aromatic heterocycles. The van der Waals surface area contributed by atoms with E-state index in [1.165, 1.54) is 16.7 Å². The number of hydrogen-bond acceptors (Lipinski definition) is 2. The minimum Gasteiger partial charge on any atom is -0.490 e. The molecule has 21 heavy (non-hydrogen) atoms. The van der Waals surface area contributed by atoms with Crippen molar-refractivity contribution in [3.63, 3.8) is 0 Å². The van der Waals surface area contributed by atoms with E-state index < -0.39 is 0 Å². The van der Waals surface area contributed by atoms with Crippen molar-refractivity contribution < 1.29 is 4.74 Å². The van der Waals surface area contributed by atoms with Crippen LogP contribution in [0.3, 0.4) is 0 Å². The molecule has 1 N–H and O–H groups in total. The van der Waals surface area contributed by atoms with Crippen molar-refractivity contribution >= 4 is 0 Å². The van der Waals surface area contributed by atoms with Crippen LogP contribution in [-0.4, -0.2) is 12.6 Å². The Bertz CT molecular complexity index is 578. The number of nitrogens with one attached hydrogen (secondary N) is 1. The Labute approximate surface area is 126 Å². The first-order chi connectivity index (χ1) is 10.3. The molecule has 0 amide bonds. The number of ether oxygens (including phenoxy) is 1. The zero-order valence-corrected chi connectivity index (χ0v) is 12.2. The predicted octanol–water partition coefficient (Wildman–Crippen LogP) is 3.51. The third kappa shape index (κ3) is 3.53. The summed E-state index contributed by atoms with van der Waals surface area (Å²) in [6.07, 6.45) is 4.03. The molecule has 0 radical (unpaired) electrons. The van der Waals surface area contributed by atoms with Crippen LogP contribution in [0, 0.1) is 0 Å². The van der Waals surface area contributed by atoms with Crippen molar-refractivity contribution in [3.8, 4) is 5.75 Å². The summed E-state index contributed by atoms with van der Waals surface area (Å²) in [5, 5.41) is 3.65. The second-order valence-electron chi connectivity index (χ2n) is 5.50. The van der Waals surface area contributed by atoms with Crippen molar-refractivity contribution in [2.24, 2.45) is 0 Å². The van der Waals surface area contributed by atoms with Gasteiger partial charge >= 0.3 is 0 Å². The topological polar surface area (TPSA) is 21.3 Å². The first-order valence-corrected chi connectivity index (χ1v) is 7.48. The monoisotopic (exact) mass is 279 g/mol. The Morgan fingerprint density at radius 1 is 1.05 bits per heavy atom. The molecule has 108 valence electrons. The molecule has 0 saturated heterocycles. The van der Waals surface area contributed by atoms with E-state index in [4.69, 9.17) is 4.74 Å². The van der Waals surface area contributed by atoms with Gasteiger partial charge in [-0.2, -0.15) is 0 Å². The molecule has 1 aliphatic rings. The highest BCUT2D eigenvalue weighted by molar-refractivity contribution is 5.33. The SMILES string of the molecule is C=CCOc1ccc(CNC2Cc3ccccc3C2)cc1. The zero-order chi connectivity index (χ0) is 14.5. The summed E-state index contributed by atoms with van der Waals surface area (Å²) in [4.78, 5) is 0. The fourth-order valence-electron chi connectivity index (χ4n) is 2.82. The van der Waals surface area contributed by atoms with Gasteiger partial charge in [-0.15, -0.1) is 0 Å². The van der Waals surface area contributed by atoms with E-state index in [0.29, 0.717) is 12.6 Å². The number of fused-ring (bicyclic) bond motifs is 1. The van der Waals surface area contributed by atoms with Gasteiger partial charge in [-0.25, -0.2) is 0 Å². The van der Waals surface area contributed by atoms with Gasteiger partial charge in [0, 0.05) is 12.6 Å². The highest BCUT2D eigenvalue weighted by atomic mass is 16.5. The Kier molecular flexibility index (Phi) is 4.37. The summed E-state index contributed by atoms with van der Waals surface area (Å²) in [6.45, 7) is 5.11. The molecule has 3 rings (SSSR count). The minimum atomic E-state index is 0.554. The summed E-state index contributed by atoms with van der Waals surface area (Å²) < 4.78 is 5.49. The van der Waals surface area contributed by atoms with E-state index in [-0.39, 0.29) is 0 Å². The summed E-state index contributed by atoms with van der Waals surface area (Å²) in [7, 11) is 0. The summed E-state index contributed by atoms with van der Waals surface area (Å²) >= 11 is 0. The number of rotatable bonds is 6. The van der Waals surface area contributed by atoms with Crippen LogP contribution in [0.2, 0.25) is 0 Å². The highest BCUT2D eigenvalue weighted by Crippen LogP contribution is 2.22. The molecule has 2 aromatic carbocycles.